The van der Waals surface area contributed by atoms with Crippen molar-refractivity contribution in [2.24, 2.45) is 4.99 Å². The maximum atomic E-state index is 5.05. The molecule has 0 spiro atoms. The molecule has 0 aliphatic carbocycles. The van der Waals surface area contributed by atoms with E-state index in [4.69, 9.17) is 4.99 Å². The Morgan fingerprint density at radius 2 is 1.61 bits per heavy atom. The summed E-state index contributed by atoms with van der Waals surface area (Å²) in [6, 6.07) is 24.2. The molecule has 3 aromatic carbocycles. The summed E-state index contributed by atoms with van der Waals surface area (Å²) in [4.78, 5) is 8.36. The second-order valence-corrected chi connectivity index (χ2v) is 10.5. The van der Waals surface area contributed by atoms with E-state index in [2.05, 4.69) is 101 Å². The van der Waals surface area contributed by atoms with Crippen LogP contribution in [0.4, 0.5) is 5.69 Å². The minimum Gasteiger partial charge on any atom is -0.378 e. The molecule has 0 aliphatic rings. The van der Waals surface area contributed by atoms with Crippen LogP contribution in [-0.4, -0.2) is 41.8 Å². The van der Waals surface area contributed by atoms with E-state index in [1.165, 1.54) is 37.7 Å². The second kappa shape index (κ2) is 9.65. The smallest absolute Gasteiger partial charge is 0.185 e. The monoisotopic (exact) mass is 474 g/mol. The Bertz CT molecular complexity index is 1470. The molecule has 0 unspecified atom stereocenters. The van der Waals surface area contributed by atoms with Crippen LogP contribution >= 0.6 is 23.1 Å². The van der Waals surface area contributed by atoms with E-state index in [1.54, 1.807) is 0 Å². The van der Waals surface area contributed by atoms with Gasteiger partial charge in [-0.15, -0.1) is 0 Å². The maximum absolute atomic E-state index is 5.05. The summed E-state index contributed by atoms with van der Waals surface area (Å²) in [5, 5.41) is 2.65. The minimum atomic E-state index is 0.829. The van der Waals surface area contributed by atoms with Crippen molar-refractivity contribution >= 4 is 60.8 Å². The van der Waals surface area contributed by atoms with Crippen molar-refractivity contribution in [1.29, 1.82) is 0 Å². The van der Waals surface area contributed by atoms with Gasteiger partial charge in [-0.2, -0.15) is 11.8 Å². The molecule has 0 bridgehead atoms. The summed E-state index contributed by atoms with van der Waals surface area (Å²) in [5.74, 6) is 1.10. The molecule has 2 aromatic heterocycles. The van der Waals surface area contributed by atoms with Gasteiger partial charge in [0.15, 0.2) is 4.80 Å². The van der Waals surface area contributed by atoms with Gasteiger partial charge in [0.1, 0.15) is 0 Å². The maximum Gasteiger partial charge on any atom is 0.185 e. The molecule has 0 saturated carbocycles. The fourth-order valence-electron chi connectivity index (χ4n) is 4.50. The van der Waals surface area contributed by atoms with Crippen molar-refractivity contribution in [3.05, 3.63) is 71.5 Å². The van der Waals surface area contributed by atoms with Gasteiger partial charge >= 0.3 is 0 Å². The van der Waals surface area contributed by atoms with E-state index in [0.717, 1.165) is 36.6 Å². The van der Waals surface area contributed by atoms with Crippen molar-refractivity contribution < 1.29 is 0 Å². The number of nitrogens with zero attached hydrogens (tertiary/aromatic N) is 4. The quantitative estimate of drug-likeness (QED) is 0.249. The number of hydrogen-bond acceptors (Lipinski definition) is 4. The molecule has 6 heteroatoms. The fraction of sp³-hybridized carbons (Fsp3) is 0.296. The van der Waals surface area contributed by atoms with Crippen molar-refractivity contribution in [2.45, 2.75) is 19.5 Å². The normalized spacial score (nSPS) is 12.4. The largest absolute Gasteiger partial charge is 0.378 e. The van der Waals surface area contributed by atoms with Crippen LogP contribution in [0.2, 0.25) is 0 Å². The van der Waals surface area contributed by atoms with Crippen molar-refractivity contribution in [2.75, 3.05) is 37.5 Å². The molecule has 33 heavy (non-hydrogen) atoms. The number of thiazole rings is 1. The first-order valence-corrected chi connectivity index (χ1v) is 13.6. The van der Waals surface area contributed by atoms with Gasteiger partial charge in [0.2, 0.25) is 0 Å². The SMILES string of the molecule is CSCCn1c(=NCCCn2c3ccccc3c3cc(N(C)C)ccc32)sc2ccccc21. The fourth-order valence-corrected chi connectivity index (χ4v) is 5.95. The van der Waals surface area contributed by atoms with Crippen molar-refractivity contribution in [3.63, 3.8) is 0 Å². The topological polar surface area (TPSA) is 25.5 Å². The standard InChI is InChI=1S/C27H30N4S2/c1-29(2)20-13-14-24-22(19-20)21-9-4-5-10-23(21)30(24)16-8-15-28-27-31(17-18-32-3)25-11-6-7-12-26(25)33-27/h4-7,9-14,19H,8,15-18H2,1-3H3. The Hall–Kier alpha value is -2.70. The number of rotatable bonds is 8. The molecule has 0 N–H and O–H groups in total. The zero-order valence-corrected chi connectivity index (χ0v) is 21.1. The Labute approximate surface area is 203 Å². The molecular weight excluding hydrogens is 444 g/mol. The Morgan fingerprint density at radius 3 is 2.42 bits per heavy atom. The number of aryl methyl sites for hydroxylation is 2. The number of anilines is 1. The van der Waals surface area contributed by atoms with Crippen molar-refractivity contribution in [3.8, 4) is 0 Å². The molecular formula is C27H30N4S2. The third-order valence-electron chi connectivity index (χ3n) is 6.17. The Balaban J connectivity index is 1.43. The minimum absolute atomic E-state index is 0.829. The van der Waals surface area contributed by atoms with Crippen molar-refractivity contribution in [1.82, 2.24) is 9.13 Å². The number of hydrogen-bond donors (Lipinski definition) is 0. The van der Waals surface area contributed by atoms with Gasteiger partial charge in [-0.3, -0.25) is 4.99 Å². The highest BCUT2D eigenvalue weighted by atomic mass is 32.2. The van der Waals surface area contributed by atoms with Gasteiger partial charge in [0, 0.05) is 67.0 Å². The third kappa shape index (κ3) is 4.30. The molecule has 0 amide bonds. The zero-order chi connectivity index (χ0) is 22.8. The molecule has 5 rings (SSSR count). The highest BCUT2D eigenvalue weighted by molar-refractivity contribution is 7.98. The first kappa shape index (κ1) is 22.1. The molecule has 4 nitrogen and oxygen atoms in total. The summed E-state index contributed by atoms with van der Waals surface area (Å²) in [6.45, 7) is 2.80. The number of thioether (sulfide) groups is 1. The molecule has 170 valence electrons. The lowest BCUT2D eigenvalue weighted by molar-refractivity contribution is 0.671. The lowest BCUT2D eigenvalue weighted by atomic mass is 10.1. The molecule has 0 atom stereocenters. The van der Waals surface area contributed by atoms with Crippen LogP contribution in [0.5, 0.6) is 0 Å². The molecule has 0 aliphatic heterocycles. The molecule has 0 fully saturated rings. The van der Waals surface area contributed by atoms with Crippen LogP contribution in [0.3, 0.4) is 0 Å². The van der Waals surface area contributed by atoms with Gasteiger partial charge < -0.3 is 14.0 Å². The van der Waals surface area contributed by atoms with Gasteiger partial charge in [-0.05, 0) is 49.1 Å². The predicted octanol–water partition coefficient (Wildman–Crippen LogP) is 6.23. The Kier molecular flexibility index (Phi) is 6.47. The highest BCUT2D eigenvalue weighted by Crippen LogP contribution is 2.31. The van der Waals surface area contributed by atoms with Crippen LogP contribution < -0.4 is 9.70 Å². The summed E-state index contributed by atoms with van der Waals surface area (Å²) < 4.78 is 6.17. The summed E-state index contributed by atoms with van der Waals surface area (Å²) >= 11 is 3.69. The molecule has 0 saturated heterocycles. The van der Waals surface area contributed by atoms with E-state index in [1.807, 2.05) is 23.1 Å². The van der Waals surface area contributed by atoms with Crippen LogP contribution in [-0.2, 0) is 13.1 Å². The Morgan fingerprint density at radius 1 is 0.848 bits per heavy atom. The average Bonchev–Trinajstić information content (AvgIpc) is 3.35. The summed E-state index contributed by atoms with van der Waals surface area (Å²) in [5.41, 5.74) is 5.15. The molecule has 0 radical (unpaired) electrons. The van der Waals surface area contributed by atoms with E-state index in [9.17, 15) is 0 Å². The first-order chi connectivity index (χ1) is 16.2. The number of aromatic nitrogens is 2. The van der Waals surface area contributed by atoms with E-state index < -0.39 is 0 Å². The van der Waals surface area contributed by atoms with Crippen LogP contribution in [0.15, 0.2) is 71.7 Å². The van der Waals surface area contributed by atoms with Crippen LogP contribution in [0, 0.1) is 0 Å². The van der Waals surface area contributed by atoms with Gasteiger partial charge in [-0.25, -0.2) is 0 Å². The summed E-state index contributed by atoms with van der Waals surface area (Å²) in [6.07, 6.45) is 3.18. The molecule has 2 heterocycles. The third-order valence-corrected chi connectivity index (χ3v) is 7.85. The first-order valence-electron chi connectivity index (χ1n) is 11.4. The summed E-state index contributed by atoms with van der Waals surface area (Å²) in [7, 11) is 4.20. The average molecular weight is 475 g/mol. The highest BCUT2D eigenvalue weighted by Gasteiger charge is 2.11. The van der Waals surface area contributed by atoms with Gasteiger partial charge in [-0.1, -0.05) is 41.7 Å². The van der Waals surface area contributed by atoms with E-state index >= 15 is 0 Å². The van der Waals surface area contributed by atoms with E-state index in [0.29, 0.717) is 0 Å². The lowest BCUT2D eigenvalue weighted by Crippen LogP contribution is -2.17. The predicted molar refractivity (Wildman–Crippen MR) is 147 cm³/mol. The van der Waals surface area contributed by atoms with Gasteiger partial charge in [0.25, 0.3) is 0 Å². The number of fused-ring (bicyclic) bond motifs is 4. The number of para-hydroxylation sites is 2. The molecule has 5 aromatic rings. The zero-order valence-electron chi connectivity index (χ0n) is 19.5. The van der Waals surface area contributed by atoms with Crippen LogP contribution in [0.1, 0.15) is 6.42 Å². The van der Waals surface area contributed by atoms with Gasteiger partial charge in [0.05, 0.1) is 10.2 Å². The van der Waals surface area contributed by atoms with E-state index in [-0.39, 0.29) is 0 Å². The lowest BCUT2D eigenvalue weighted by Gasteiger charge is -2.12. The number of benzene rings is 3. The second-order valence-electron chi connectivity index (χ2n) is 8.50. The van der Waals surface area contributed by atoms with Crippen LogP contribution in [0.25, 0.3) is 32.0 Å².